The van der Waals surface area contributed by atoms with Gasteiger partial charge in [-0.25, -0.2) is 9.56 Å². The lowest BCUT2D eigenvalue weighted by molar-refractivity contribution is -0.528. The van der Waals surface area contributed by atoms with Crippen molar-refractivity contribution in [2.75, 3.05) is 6.54 Å². The summed E-state index contributed by atoms with van der Waals surface area (Å²) in [6.07, 6.45) is 4.21. The molecule has 31 heavy (non-hydrogen) atoms. The van der Waals surface area contributed by atoms with Crippen LogP contribution in [0.2, 0.25) is 0 Å². The van der Waals surface area contributed by atoms with Crippen molar-refractivity contribution in [3.05, 3.63) is 41.0 Å². The predicted octanol–water partition coefficient (Wildman–Crippen LogP) is 4.39. The number of amides is 1. The number of aromatic nitrogens is 1. The SMILES string of the molecule is Cc1ncsc1-c1ccc(CNC(=O)C2CCC[N+]2=CC(NC(C)C)C(C)(C)C)cc1. The van der Waals surface area contributed by atoms with E-state index in [0.29, 0.717) is 12.6 Å². The molecule has 3 rings (SSSR count). The van der Waals surface area contributed by atoms with Gasteiger partial charge in [0, 0.05) is 25.4 Å². The fourth-order valence-corrected chi connectivity index (χ4v) is 4.79. The quantitative estimate of drug-likeness (QED) is 0.627. The number of aryl methyl sites for hydroxylation is 1. The zero-order valence-electron chi connectivity index (χ0n) is 19.7. The molecule has 0 aliphatic carbocycles. The summed E-state index contributed by atoms with van der Waals surface area (Å²) >= 11 is 1.66. The van der Waals surface area contributed by atoms with E-state index >= 15 is 0 Å². The molecule has 0 spiro atoms. The van der Waals surface area contributed by atoms with Gasteiger partial charge in [-0.3, -0.25) is 4.79 Å². The van der Waals surface area contributed by atoms with Gasteiger partial charge in [-0.15, -0.1) is 11.3 Å². The van der Waals surface area contributed by atoms with E-state index in [0.717, 1.165) is 30.6 Å². The van der Waals surface area contributed by atoms with Crippen LogP contribution in [0.3, 0.4) is 0 Å². The minimum atomic E-state index is -0.0853. The first-order chi connectivity index (χ1) is 14.6. The number of benzene rings is 1. The maximum Gasteiger partial charge on any atom is 0.288 e. The Labute approximate surface area is 191 Å². The Kier molecular flexibility index (Phi) is 7.65. The Morgan fingerprint density at radius 2 is 2.00 bits per heavy atom. The van der Waals surface area contributed by atoms with Crippen LogP contribution < -0.4 is 10.6 Å². The van der Waals surface area contributed by atoms with E-state index in [1.54, 1.807) is 11.3 Å². The summed E-state index contributed by atoms with van der Waals surface area (Å²) in [5, 5.41) is 6.81. The van der Waals surface area contributed by atoms with Crippen LogP contribution in [0.1, 0.15) is 58.7 Å². The Morgan fingerprint density at radius 3 is 2.58 bits per heavy atom. The molecule has 2 atom stereocenters. The van der Waals surface area contributed by atoms with Crippen molar-refractivity contribution >= 4 is 23.5 Å². The van der Waals surface area contributed by atoms with Crippen molar-refractivity contribution in [3.63, 3.8) is 0 Å². The second kappa shape index (κ2) is 10.0. The smallest absolute Gasteiger partial charge is 0.288 e. The van der Waals surface area contributed by atoms with Crippen molar-refractivity contribution in [1.82, 2.24) is 15.6 Å². The summed E-state index contributed by atoms with van der Waals surface area (Å²) in [6.45, 7) is 14.6. The molecule has 1 saturated heterocycles. The van der Waals surface area contributed by atoms with E-state index in [-0.39, 0.29) is 23.4 Å². The molecule has 0 saturated carbocycles. The van der Waals surface area contributed by atoms with E-state index in [2.05, 4.69) is 85.3 Å². The minimum absolute atomic E-state index is 0.0853. The normalized spacial score (nSPS) is 19.2. The summed E-state index contributed by atoms with van der Waals surface area (Å²) in [5.41, 5.74) is 5.32. The Morgan fingerprint density at radius 1 is 1.29 bits per heavy atom. The second-order valence-corrected chi connectivity index (χ2v) is 10.7. The molecular formula is C25H37N4OS+. The summed E-state index contributed by atoms with van der Waals surface area (Å²) in [4.78, 5) is 18.5. The molecular weight excluding hydrogens is 404 g/mol. The first kappa shape index (κ1) is 23.6. The Bertz CT molecular complexity index is 908. The lowest BCUT2D eigenvalue weighted by Gasteiger charge is -2.29. The van der Waals surface area contributed by atoms with Crippen molar-refractivity contribution < 1.29 is 9.37 Å². The lowest BCUT2D eigenvalue weighted by atomic mass is 9.87. The number of carbonyl (C=O) groups is 1. The van der Waals surface area contributed by atoms with Crippen LogP contribution in [-0.2, 0) is 11.3 Å². The Balaban J connectivity index is 1.63. The van der Waals surface area contributed by atoms with Gasteiger partial charge < -0.3 is 10.6 Å². The molecule has 168 valence electrons. The van der Waals surface area contributed by atoms with E-state index in [1.165, 1.54) is 10.4 Å². The highest BCUT2D eigenvalue weighted by atomic mass is 32.1. The molecule has 1 aliphatic rings. The highest BCUT2D eigenvalue weighted by Gasteiger charge is 2.36. The monoisotopic (exact) mass is 441 g/mol. The molecule has 1 aromatic heterocycles. The maximum atomic E-state index is 13.0. The third-order valence-electron chi connectivity index (χ3n) is 5.81. The van der Waals surface area contributed by atoms with Crippen LogP contribution in [0.25, 0.3) is 10.4 Å². The molecule has 2 heterocycles. The van der Waals surface area contributed by atoms with Gasteiger partial charge in [-0.1, -0.05) is 58.9 Å². The first-order valence-electron chi connectivity index (χ1n) is 11.3. The van der Waals surface area contributed by atoms with Crippen LogP contribution >= 0.6 is 11.3 Å². The van der Waals surface area contributed by atoms with Gasteiger partial charge in [0.25, 0.3) is 5.91 Å². The third-order valence-corrected chi connectivity index (χ3v) is 6.79. The number of nitrogens with zero attached hydrogens (tertiary/aromatic N) is 2. The number of hydrogen-bond acceptors (Lipinski definition) is 4. The molecule has 6 heteroatoms. The molecule has 1 fully saturated rings. The third kappa shape index (κ3) is 6.23. The van der Waals surface area contributed by atoms with E-state index < -0.39 is 0 Å². The van der Waals surface area contributed by atoms with E-state index in [1.807, 2.05) is 12.4 Å². The predicted molar refractivity (Wildman–Crippen MR) is 130 cm³/mol. The van der Waals surface area contributed by atoms with Crippen LogP contribution in [0.5, 0.6) is 0 Å². The topological polar surface area (TPSA) is 57.0 Å². The highest BCUT2D eigenvalue weighted by Crippen LogP contribution is 2.27. The van der Waals surface area contributed by atoms with Gasteiger partial charge >= 0.3 is 0 Å². The number of nitrogens with one attached hydrogen (secondary N) is 2. The lowest BCUT2D eigenvalue weighted by Crippen LogP contribution is -2.48. The maximum absolute atomic E-state index is 13.0. The van der Waals surface area contributed by atoms with E-state index in [9.17, 15) is 4.79 Å². The largest absolute Gasteiger partial charge is 0.346 e. The average Bonchev–Trinajstić information content (AvgIpc) is 3.34. The minimum Gasteiger partial charge on any atom is -0.346 e. The van der Waals surface area contributed by atoms with Gasteiger partial charge in [0.1, 0.15) is 6.54 Å². The van der Waals surface area contributed by atoms with Crippen molar-refractivity contribution in [2.24, 2.45) is 5.41 Å². The molecule has 2 unspecified atom stereocenters. The summed E-state index contributed by atoms with van der Waals surface area (Å²) in [6, 6.07) is 8.95. The second-order valence-electron chi connectivity index (χ2n) is 9.89. The summed E-state index contributed by atoms with van der Waals surface area (Å²) in [5.74, 6) is 0.119. The summed E-state index contributed by atoms with van der Waals surface area (Å²) < 4.78 is 2.25. The van der Waals surface area contributed by atoms with Crippen molar-refractivity contribution in [1.29, 1.82) is 0 Å². The number of thiazole rings is 1. The molecule has 1 amide bonds. The standard InChI is InChI=1S/C25H36N4OS/c1-17(2)28-22(25(4,5)6)15-29-13-7-8-21(29)24(30)26-14-19-9-11-20(12-10-19)23-18(3)27-16-31-23/h9-12,15-17,21-22,28H,7-8,13-14H2,1-6H3/p+1. The fourth-order valence-electron chi connectivity index (χ4n) is 3.98. The van der Waals surface area contributed by atoms with Gasteiger partial charge in [-0.2, -0.15) is 0 Å². The Hall–Kier alpha value is -2.05. The fraction of sp³-hybridized carbons (Fsp3) is 0.560. The molecule has 2 aromatic rings. The summed E-state index contributed by atoms with van der Waals surface area (Å²) in [7, 11) is 0. The van der Waals surface area contributed by atoms with Crippen LogP contribution in [-0.4, -0.2) is 46.4 Å². The van der Waals surface area contributed by atoms with Crippen molar-refractivity contribution in [2.45, 2.75) is 79.1 Å². The number of carbonyl (C=O) groups excluding carboxylic acids is 1. The molecule has 0 bridgehead atoms. The number of rotatable bonds is 7. The zero-order valence-corrected chi connectivity index (χ0v) is 20.6. The molecule has 0 radical (unpaired) electrons. The molecule has 2 N–H and O–H groups in total. The molecule has 1 aromatic carbocycles. The van der Waals surface area contributed by atoms with Gasteiger partial charge in [0.05, 0.1) is 22.1 Å². The van der Waals surface area contributed by atoms with Gasteiger partial charge in [0.15, 0.2) is 6.21 Å². The van der Waals surface area contributed by atoms with Crippen molar-refractivity contribution in [3.8, 4) is 10.4 Å². The van der Waals surface area contributed by atoms with Gasteiger partial charge in [0.2, 0.25) is 6.04 Å². The molecule has 5 nitrogen and oxygen atoms in total. The average molecular weight is 442 g/mol. The zero-order chi connectivity index (χ0) is 22.6. The first-order valence-corrected chi connectivity index (χ1v) is 12.2. The van der Waals surface area contributed by atoms with Crippen LogP contribution in [0.4, 0.5) is 0 Å². The van der Waals surface area contributed by atoms with Crippen LogP contribution in [0.15, 0.2) is 29.8 Å². The highest BCUT2D eigenvalue weighted by molar-refractivity contribution is 7.13. The molecule has 1 aliphatic heterocycles. The number of hydrogen-bond donors (Lipinski definition) is 2. The van der Waals surface area contributed by atoms with Crippen LogP contribution in [0, 0.1) is 12.3 Å². The van der Waals surface area contributed by atoms with E-state index in [4.69, 9.17) is 0 Å². The van der Waals surface area contributed by atoms with Gasteiger partial charge in [-0.05, 0) is 23.5 Å².